The number of carbonyl (C=O) groups is 1. The number of quaternary nitrogens is 1. The summed E-state index contributed by atoms with van der Waals surface area (Å²) in [7, 11) is 0. The van der Waals surface area contributed by atoms with E-state index in [-0.39, 0.29) is 5.91 Å². The third-order valence-corrected chi connectivity index (χ3v) is 6.55. The number of fused-ring (bicyclic) bond motifs is 2. The average Bonchev–Trinajstić information content (AvgIpc) is 3.19. The van der Waals surface area contributed by atoms with Crippen molar-refractivity contribution in [1.29, 1.82) is 0 Å². The Morgan fingerprint density at radius 3 is 2.56 bits per heavy atom. The van der Waals surface area contributed by atoms with Crippen LogP contribution in [0, 0.1) is 0 Å². The van der Waals surface area contributed by atoms with Crippen molar-refractivity contribution in [2.24, 2.45) is 0 Å². The molecule has 1 fully saturated rings. The molecule has 2 aromatic carbocycles. The van der Waals surface area contributed by atoms with Gasteiger partial charge in [-0.1, -0.05) is 25.5 Å². The molecule has 1 aliphatic heterocycles. The zero-order valence-corrected chi connectivity index (χ0v) is 20.6. The number of nitrogens with one attached hydrogen (secondary N) is 2. The van der Waals surface area contributed by atoms with Crippen LogP contribution in [0.3, 0.4) is 0 Å². The van der Waals surface area contributed by atoms with Gasteiger partial charge in [-0.05, 0) is 42.8 Å². The number of aromatic nitrogens is 3. The number of nitrogens with zero attached hydrogens (tertiary/aromatic N) is 3. The standard InChI is InChI=1S/C27H32N6O3/c1-2-3-16-36-20-10-8-19(9-11-20)33-25(28)23(27(34)29-12-13-32-14-17-35-18-15-32)24-26(33)31-22-7-5-4-6-21(22)30-24/h4-11H,2-3,12-18,28H2,1H3,(H,29,34)/p+1. The average molecular weight is 490 g/mol. The van der Waals surface area contributed by atoms with Gasteiger partial charge in [0.15, 0.2) is 5.65 Å². The van der Waals surface area contributed by atoms with Crippen molar-refractivity contribution >= 4 is 33.9 Å². The number of nitrogen functional groups attached to an aromatic ring is 1. The second kappa shape index (κ2) is 10.9. The first kappa shape index (κ1) is 24.0. The smallest absolute Gasteiger partial charge is 0.257 e. The van der Waals surface area contributed by atoms with Crippen molar-refractivity contribution in [3.8, 4) is 11.4 Å². The highest BCUT2D eigenvalue weighted by Crippen LogP contribution is 2.31. The molecule has 5 rings (SSSR count). The second-order valence-corrected chi connectivity index (χ2v) is 9.04. The Bertz CT molecular complexity index is 1350. The van der Waals surface area contributed by atoms with Crippen molar-refractivity contribution < 1.29 is 19.2 Å². The molecule has 0 unspecified atom stereocenters. The van der Waals surface area contributed by atoms with E-state index in [0.717, 1.165) is 62.6 Å². The number of nitrogens with two attached hydrogens (primary N) is 1. The topological polar surface area (TPSA) is 109 Å². The summed E-state index contributed by atoms with van der Waals surface area (Å²) in [6.07, 6.45) is 2.08. The monoisotopic (exact) mass is 489 g/mol. The third kappa shape index (κ3) is 4.98. The Labute approximate surface area is 210 Å². The van der Waals surface area contributed by atoms with Crippen LogP contribution in [0.4, 0.5) is 5.82 Å². The number of amides is 1. The van der Waals surface area contributed by atoms with Crippen LogP contribution in [-0.2, 0) is 4.74 Å². The van der Waals surface area contributed by atoms with Crippen molar-refractivity contribution in [3.05, 3.63) is 54.1 Å². The van der Waals surface area contributed by atoms with Gasteiger partial charge in [0.2, 0.25) is 0 Å². The summed E-state index contributed by atoms with van der Waals surface area (Å²) in [5.74, 6) is 0.867. The largest absolute Gasteiger partial charge is 0.494 e. The summed E-state index contributed by atoms with van der Waals surface area (Å²) in [5.41, 5.74) is 10.3. The number of hydrogen-bond acceptors (Lipinski definition) is 6. The minimum atomic E-state index is -0.243. The van der Waals surface area contributed by atoms with E-state index in [9.17, 15) is 4.79 Å². The van der Waals surface area contributed by atoms with E-state index in [1.165, 1.54) is 4.90 Å². The van der Waals surface area contributed by atoms with E-state index in [0.29, 0.717) is 41.2 Å². The number of benzene rings is 2. The number of hydrogen-bond donors (Lipinski definition) is 3. The first-order valence-electron chi connectivity index (χ1n) is 12.6. The molecule has 3 heterocycles. The van der Waals surface area contributed by atoms with E-state index in [1.807, 2.05) is 48.5 Å². The summed E-state index contributed by atoms with van der Waals surface area (Å²) < 4.78 is 13.0. The zero-order chi connectivity index (χ0) is 24.9. The molecule has 1 amide bonds. The van der Waals surface area contributed by atoms with Gasteiger partial charge in [-0.25, -0.2) is 9.97 Å². The summed E-state index contributed by atoms with van der Waals surface area (Å²) in [5, 5.41) is 3.05. The molecular weight excluding hydrogens is 456 g/mol. The van der Waals surface area contributed by atoms with Crippen LogP contribution in [0.25, 0.3) is 27.9 Å². The molecule has 188 valence electrons. The molecule has 0 spiro atoms. The Morgan fingerprint density at radius 2 is 1.83 bits per heavy atom. The van der Waals surface area contributed by atoms with Crippen LogP contribution in [0.5, 0.6) is 5.75 Å². The van der Waals surface area contributed by atoms with E-state index in [2.05, 4.69) is 12.2 Å². The summed E-state index contributed by atoms with van der Waals surface area (Å²) in [6, 6.07) is 15.3. The van der Waals surface area contributed by atoms with Gasteiger partial charge in [-0.15, -0.1) is 0 Å². The van der Waals surface area contributed by atoms with Gasteiger partial charge in [0.05, 0.1) is 43.9 Å². The lowest BCUT2D eigenvalue weighted by molar-refractivity contribution is -0.906. The molecule has 36 heavy (non-hydrogen) atoms. The maximum atomic E-state index is 13.4. The Balaban J connectivity index is 1.48. The zero-order valence-electron chi connectivity index (χ0n) is 20.6. The van der Waals surface area contributed by atoms with Crippen molar-refractivity contribution in [2.75, 3.05) is 51.7 Å². The van der Waals surface area contributed by atoms with E-state index < -0.39 is 0 Å². The van der Waals surface area contributed by atoms with Gasteiger partial charge in [-0.2, -0.15) is 0 Å². The van der Waals surface area contributed by atoms with Crippen LogP contribution >= 0.6 is 0 Å². The number of anilines is 1. The van der Waals surface area contributed by atoms with Gasteiger partial charge in [0.25, 0.3) is 5.91 Å². The number of para-hydroxylation sites is 2. The van der Waals surface area contributed by atoms with Crippen LogP contribution < -0.4 is 20.7 Å². The Hall–Kier alpha value is -3.69. The molecule has 0 atom stereocenters. The molecule has 0 bridgehead atoms. The molecule has 2 aromatic heterocycles. The quantitative estimate of drug-likeness (QED) is 0.310. The lowest BCUT2D eigenvalue weighted by Gasteiger charge is -2.23. The SMILES string of the molecule is CCCCOc1ccc(-n2c(N)c(C(=O)NCC[NH+]3CCOCC3)c3nc4ccccc4nc32)cc1. The molecule has 0 aliphatic carbocycles. The predicted octanol–water partition coefficient (Wildman–Crippen LogP) is 1.98. The normalized spacial score (nSPS) is 14.4. The van der Waals surface area contributed by atoms with Crippen LogP contribution in [0.2, 0.25) is 0 Å². The minimum Gasteiger partial charge on any atom is -0.494 e. The van der Waals surface area contributed by atoms with Crippen LogP contribution in [-0.4, -0.2) is 66.4 Å². The van der Waals surface area contributed by atoms with Crippen LogP contribution in [0.15, 0.2) is 48.5 Å². The molecule has 4 aromatic rings. The molecule has 0 radical (unpaired) electrons. The first-order chi connectivity index (χ1) is 17.7. The van der Waals surface area contributed by atoms with Crippen LogP contribution in [0.1, 0.15) is 30.1 Å². The molecule has 4 N–H and O–H groups in total. The summed E-state index contributed by atoms with van der Waals surface area (Å²) in [6.45, 7) is 7.61. The highest BCUT2D eigenvalue weighted by molar-refractivity contribution is 6.11. The fourth-order valence-corrected chi connectivity index (χ4v) is 4.52. The third-order valence-electron chi connectivity index (χ3n) is 6.55. The molecule has 0 saturated carbocycles. The number of ether oxygens (including phenoxy) is 2. The van der Waals surface area contributed by atoms with Gasteiger partial charge in [0.1, 0.15) is 35.7 Å². The number of rotatable bonds is 9. The lowest BCUT2D eigenvalue weighted by Crippen LogP contribution is -3.14. The molecule has 1 saturated heterocycles. The second-order valence-electron chi connectivity index (χ2n) is 9.04. The van der Waals surface area contributed by atoms with Crippen molar-refractivity contribution in [3.63, 3.8) is 0 Å². The van der Waals surface area contributed by atoms with Gasteiger partial charge < -0.3 is 25.4 Å². The molecule has 9 heteroatoms. The molecule has 9 nitrogen and oxygen atoms in total. The highest BCUT2D eigenvalue weighted by atomic mass is 16.5. The van der Waals surface area contributed by atoms with E-state index >= 15 is 0 Å². The van der Waals surface area contributed by atoms with E-state index in [1.54, 1.807) is 4.57 Å². The first-order valence-corrected chi connectivity index (χ1v) is 12.6. The number of unbranched alkanes of at least 4 members (excludes halogenated alkanes) is 1. The Kier molecular flexibility index (Phi) is 7.29. The van der Waals surface area contributed by atoms with Gasteiger partial charge in [0, 0.05) is 5.69 Å². The Morgan fingerprint density at radius 1 is 1.11 bits per heavy atom. The van der Waals surface area contributed by atoms with Gasteiger partial charge in [-0.3, -0.25) is 9.36 Å². The predicted molar refractivity (Wildman–Crippen MR) is 140 cm³/mol. The van der Waals surface area contributed by atoms with Gasteiger partial charge >= 0.3 is 0 Å². The fourth-order valence-electron chi connectivity index (χ4n) is 4.52. The minimum absolute atomic E-state index is 0.243. The fraction of sp³-hybridized carbons (Fsp3) is 0.370. The van der Waals surface area contributed by atoms with Crippen molar-refractivity contribution in [1.82, 2.24) is 19.9 Å². The number of morpholine rings is 1. The van der Waals surface area contributed by atoms with Crippen molar-refractivity contribution in [2.45, 2.75) is 19.8 Å². The molecule has 1 aliphatic rings. The summed E-state index contributed by atoms with van der Waals surface area (Å²) >= 11 is 0. The van der Waals surface area contributed by atoms with E-state index in [4.69, 9.17) is 25.2 Å². The maximum Gasteiger partial charge on any atom is 0.257 e. The molecular formula is C27H33N6O3+. The lowest BCUT2D eigenvalue weighted by atomic mass is 10.2. The highest BCUT2D eigenvalue weighted by Gasteiger charge is 2.25. The number of carbonyl (C=O) groups excluding carboxylic acids is 1. The maximum absolute atomic E-state index is 13.4. The summed E-state index contributed by atoms with van der Waals surface area (Å²) in [4.78, 5) is 24.4.